The molecule has 74 valence electrons. The molecule has 0 aliphatic heterocycles. The van der Waals surface area contributed by atoms with E-state index in [2.05, 4.69) is 20.4 Å². The molecule has 0 saturated heterocycles. The van der Waals surface area contributed by atoms with E-state index in [4.69, 9.17) is 23.2 Å². The zero-order valence-electron chi connectivity index (χ0n) is 8.24. The van der Waals surface area contributed by atoms with E-state index in [1.54, 1.807) is 0 Å². The monoisotopic (exact) mass is 218 g/mol. The van der Waals surface area contributed by atoms with E-state index < -0.39 is 4.33 Å². The van der Waals surface area contributed by atoms with E-state index in [-0.39, 0.29) is 5.41 Å². The minimum atomic E-state index is -0.447. The Hall–Kier alpha value is 0.320. The normalized spacial score (nSPS) is 46.8. The predicted molar refractivity (Wildman–Crippen MR) is 58.2 cm³/mol. The van der Waals surface area contributed by atoms with Crippen molar-refractivity contribution in [2.45, 2.75) is 37.4 Å². The van der Waals surface area contributed by atoms with Gasteiger partial charge in [-0.25, -0.2) is 0 Å². The molecule has 0 radical (unpaired) electrons. The summed E-state index contributed by atoms with van der Waals surface area (Å²) in [6.07, 6.45) is 3.50. The Morgan fingerprint density at radius 3 is 2.54 bits per heavy atom. The van der Waals surface area contributed by atoms with Gasteiger partial charge in [-0.3, -0.25) is 0 Å². The molecule has 0 bridgehead atoms. The van der Waals surface area contributed by atoms with Crippen molar-refractivity contribution in [2.75, 3.05) is 0 Å². The van der Waals surface area contributed by atoms with E-state index in [0.29, 0.717) is 11.8 Å². The third kappa shape index (κ3) is 1.18. The molecule has 2 heteroatoms. The van der Waals surface area contributed by atoms with Crippen molar-refractivity contribution >= 4 is 23.2 Å². The minimum Gasteiger partial charge on any atom is -0.101 e. The fraction of sp³-hybridized carbons (Fsp3) is 0.818. The van der Waals surface area contributed by atoms with Gasteiger partial charge in [-0.15, -0.1) is 23.2 Å². The molecule has 2 aliphatic rings. The average molecular weight is 219 g/mol. The van der Waals surface area contributed by atoms with E-state index in [1.807, 2.05) is 0 Å². The number of hydrogen-bond donors (Lipinski definition) is 0. The average Bonchev–Trinajstić information content (AvgIpc) is 2.46. The Kier molecular flexibility index (Phi) is 2.02. The van der Waals surface area contributed by atoms with Crippen LogP contribution in [0.4, 0.5) is 0 Å². The first-order chi connectivity index (χ1) is 5.89. The third-order valence-corrected chi connectivity index (χ3v) is 5.50. The molecule has 2 rings (SSSR count). The van der Waals surface area contributed by atoms with Crippen LogP contribution in [-0.4, -0.2) is 4.33 Å². The van der Waals surface area contributed by atoms with Crippen LogP contribution in [0, 0.1) is 17.3 Å². The second-order valence-electron chi connectivity index (χ2n) is 4.91. The summed E-state index contributed by atoms with van der Waals surface area (Å²) in [4.78, 5) is 0. The molecule has 2 fully saturated rings. The first kappa shape index (κ1) is 9.86. The highest BCUT2D eigenvalue weighted by Gasteiger charge is 2.73. The molecule has 0 aromatic carbocycles. The quantitative estimate of drug-likeness (QED) is 0.458. The highest BCUT2D eigenvalue weighted by atomic mass is 35.5. The van der Waals surface area contributed by atoms with Crippen LogP contribution >= 0.6 is 23.2 Å². The van der Waals surface area contributed by atoms with E-state index in [9.17, 15) is 0 Å². The summed E-state index contributed by atoms with van der Waals surface area (Å²) >= 11 is 12.5. The first-order valence-electron chi connectivity index (χ1n) is 4.93. The van der Waals surface area contributed by atoms with Crippen LogP contribution in [0.3, 0.4) is 0 Å². The van der Waals surface area contributed by atoms with Crippen molar-refractivity contribution in [1.82, 2.24) is 0 Å². The van der Waals surface area contributed by atoms with Crippen LogP contribution in [0.25, 0.3) is 0 Å². The summed E-state index contributed by atoms with van der Waals surface area (Å²) in [6.45, 7) is 8.34. The summed E-state index contributed by atoms with van der Waals surface area (Å²) in [6, 6.07) is 0. The minimum absolute atomic E-state index is 0.196. The largest absolute Gasteiger partial charge is 0.127 e. The molecule has 0 heterocycles. The lowest BCUT2D eigenvalue weighted by Crippen LogP contribution is -2.14. The molecule has 0 nitrogen and oxygen atoms in total. The van der Waals surface area contributed by atoms with Crippen LogP contribution in [0.2, 0.25) is 0 Å². The van der Waals surface area contributed by atoms with Gasteiger partial charge in [-0.05, 0) is 32.1 Å². The van der Waals surface area contributed by atoms with Crippen LogP contribution in [0.5, 0.6) is 0 Å². The van der Waals surface area contributed by atoms with Gasteiger partial charge in [0.05, 0.1) is 0 Å². The fourth-order valence-corrected chi connectivity index (χ4v) is 3.75. The topological polar surface area (TPSA) is 0 Å². The third-order valence-electron chi connectivity index (χ3n) is 4.11. The summed E-state index contributed by atoms with van der Waals surface area (Å²) in [5, 5.41) is 0. The van der Waals surface area contributed by atoms with Crippen LogP contribution in [0.15, 0.2) is 12.2 Å². The molecular formula is C11H16Cl2. The van der Waals surface area contributed by atoms with E-state index >= 15 is 0 Å². The predicted octanol–water partition coefficient (Wildman–Crippen LogP) is 4.17. The maximum atomic E-state index is 6.26. The van der Waals surface area contributed by atoms with Gasteiger partial charge in [0.1, 0.15) is 4.33 Å². The fourth-order valence-electron chi connectivity index (χ4n) is 2.75. The Morgan fingerprint density at radius 2 is 2.08 bits per heavy atom. The van der Waals surface area contributed by atoms with Crippen molar-refractivity contribution < 1.29 is 0 Å². The molecule has 0 aromatic rings. The van der Waals surface area contributed by atoms with Crippen LogP contribution in [0.1, 0.15) is 33.1 Å². The molecule has 13 heavy (non-hydrogen) atoms. The molecular weight excluding hydrogens is 203 g/mol. The molecule has 0 amide bonds. The molecule has 3 atom stereocenters. The van der Waals surface area contributed by atoms with Gasteiger partial charge in [0.2, 0.25) is 0 Å². The summed E-state index contributed by atoms with van der Waals surface area (Å²) in [5.41, 5.74) is 1.49. The van der Waals surface area contributed by atoms with Gasteiger partial charge in [0.25, 0.3) is 0 Å². The SMILES string of the molecule is C=C(C)[C@@H]1CC[C@]2(C)[C@@H](C1)C2(Cl)Cl. The maximum Gasteiger partial charge on any atom is 0.127 e. The number of hydrogen-bond acceptors (Lipinski definition) is 0. The Labute approximate surface area is 90.3 Å². The second-order valence-corrected chi connectivity index (χ2v) is 6.30. The first-order valence-corrected chi connectivity index (χ1v) is 5.68. The van der Waals surface area contributed by atoms with Crippen molar-refractivity contribution in [2.24, 2.45) is 17.3 Å². The van der Waals surface area contributed by atoms with Gasteiger partial charge < -0.3 is 0 Å². The van der Waals surface area contributed by atoms with Gasteiger partial charge in [-0.2, -0.15) is 0 Å². The summed E-state index contributed by atoms with van der Waals surface area (Å²) in [7, 11) is 0. The standard InChI is InChI=1S/C11H16Cl2/c1-7(2)8-4-5-10(3)9(6-8)11(10,12)13/h8-9H,1,4-6H2,2-3H3/t8-,9-,10-/m1/s1. The lowest BCUT2D eigenvalue weighted by Gasteiger charge is -2.24. The van der Waals surface area contributed by atoms with E-state index in [1.165, 1.54) is 12.0 Å². The van der Waals surface area contributed by atoms with Crippen LogP contribution < -0.4 is 0 Å². The molecule has 0 spiro atoms. The zero-order chi connectivity index (χ0) is 9.85. The van der Waals surface area contributed by atoms with Gasteiger partial charge in [0, 0.05) is 11.3 Å². The van der Waals surface area contributed by atoms with Crippen molar-refractivity contribution in [3.05, 3.63) is 12.2 Å². The lowest BCUT2D eigenvalue weighted by atomic mass is 9.80. The molecule has 0 N–H and O–H groups in total. The Balaban J connectivity index is 2.11. The van der Waals surface area contributed by atoms with Gasteiger partial charge in [0.15, 0.2) is 0 Å². The number of alkyl halides is 2. The second kappa shape index (κ2) is 2.67. The van der Waals surface area contributed by atoms with Crippen molar-refractivity contribution in [3.8, 4) is 0 Å². The Morgan fingerprint density at radius 1 is 1.46 bits per heavy atom. The van der Waals surface area contributed by atoms with Crippen LogP contribution in [-0.2, 0) is 0 Å². The maximum absolute atomic E-state index is 6.26. The smallest absolute Gasteiger partial charge is 0.101 e. The summed E-state index contributed by atoms with van der Waals surface area (Å²) < 4.78 is -0.447. The highest BCUT2D eigenvalue weighted by Crippen LogP contribution is 2.75. The molecule has 0 unspecified atom stereocenters. The Bertz CT molecular complexity index is 257. The van der Waals surface area contributed by atoms with Crippen molar-refractivity contribution in [1.29, 1.82) is 0 Å². The summed E-state index contributed by atoms with van der Waals surface area (Å²) in [5.74, 6) is 1.15. The van der Waals surface area contributed by atoms with Gasteiger partial charge in [-0.1, -0.05) is 19.1 Å². The highest BCUT2D eigenvalue weighted by molar-refractivity contribution is 6.51. The lowest BCUT2D eigenvalue weighted by molar-refractivity contribution is 0.307. The number of allylic oxidation sites excluding steroid dienone is 1. The number of halogens is 2. The molecule has 0 aromatic heterocycles. The van der Waals surface area contributed by atoms with Crippen molar-refractivity contribution in [3.63, 3.8) is 0 Å². The molecule has 2 aliphatic carbocycles. The zero-order valence-corrected chi connectivity index (χ0v) is 9.75. The molecule has 2 saturated carbocycles. The number of fused-ring (bicyclic) bond motifs is 1. The number of rotatable bonds is 1. The van der Waals surface area contributed by atoms with E-state index in [0.717, 1.165) is 12.8 Å². The van der Waals surface area contributed by atoms with Gasteiger partial charge >= 0.3 is 0 Å².